The average Bonchev–Trinajstić information content (AvgIpc) is 2.41. The van der Waals surface area contributed by atoms with E-state index in [0.29, 0.717) is 21.8 Å². The lowest BCUT2D eigenvalue weighted by molar-refractivity contribution is 0.252. The van der Waals surface area contributed by atoms with Crippen LogP contribution in [0.4, 0.5) is 20.2 Å². The van der Waals surface area contributed by atoms with Gasteiger partial charge in [-0.1, -0.05) is 11.8 Å². The Balaban J connectivity index is 1.91. The molecule has 0 radical (unpaired) electrons. The highest BCUT2D eigenvalue weighted by Crippen LogP contribution is 2.26. The van der Waals surface area contributed by atoms with E-state index in [1.165, 1.54) is 0 Å². The molecule has 0 amide bonds. The van der Waals surface area contributed by atoms with Crippen LogP contribution in [0.3, 0.4) is 0 Å². The van der Waals surface area contributed by atoms with Crippen LogP contribution in [-0.4, -0.2) is 15.9 Å². The summed E-state index contributed by atoms with van der Waals surface area (Å²) in [5.41, 5.74) is 1.50. The van der Waals surface area contributed by atoms with E-state index in [9.17, 15) is 8.78 Å². The van der Waals surface area contributed by atoms with Gasteiger partial charge in [-0.2, -0.15) is 8.78 Å². The monoisotopic (exact) mass is 311 g/mol. The highest BCUT2D eigenvalue weighted by molar-refractivity contribution is 7.99. The van der Waals surface area contributed by atoms with E-state index < -0.39 is 5.76 Å². The zero-order valence-corrected chi connectivity index (χ0v) is 11.8. The standard InChI is InChI=1S/C13H11F2N3S2/c14-12(15)20-11-5-3-9(4-6-11)17-13(19)18-10-2-1-7-16-8-10/h1-8,12H,(H2,17,18,19). The van der Waals surface area contributed by atoms with Crippen LogP contribution in [-0.2, 0) is 0 Å². The molecule has 0 bridgehead atoms. The Labute approximate surface area is 124 Å². The summed E-state index contributed by atoms with van der Waals surface area (Å²) in [7, 11) is 0. The van der Waals surface area contributed by atoms with Crippen LogP contribution in [0.2, 0.25) is 0 Å². The van der Waals surface area contributed by atoms with Crippen molar-refractivity contribution in [2.45, 2.75) is 10.7 Å². The summed E-state index contributed by atoms with van der Waals surface area (Å²) in [6.07, 6.45) is 3.32. The summed E-state index contributed by atoms with van der Waals surface area (Å²) in [4.78, 5) is 4.47. The first kappa shape index (κ1) is 14.7. The molecule has 0 spiro atoms. The zero-order valence-electron chi connectivity index (χ0n) is 10.2. The minimum absolute atomic E-state index is 0.410. The van der Waals surface area contributed by atoms with E-state index in [1.807, 2.05) is 6.07 Å². The molecule has 0 aliphatic carbocycles. The molecule has 3 nitrogen and oxygen atoms in total. The van der Waals surface area contributed by atoms with Gasteiger partial charge in [-0.25, -0.2) is 0 Å². The van der Waals surface area contributed by atoms with Crippen LogP contribution < -0.4 is 10.6 Å². The van der Waals surface area contributed by atoms with Gasteiger partial charge in [0.05, 0.1) is 11.9 Å². The molecule has 1 heterocycles. The van der Waals surface area contributed by atoms with Crippen molar-refractivity contribution in [3.8, 4) is 0 Å². The van der Waals surface area contributed by atoms with Gasteiger partial charge in [0.2, 0.25) is 0 Å². The van der Waals surface area contributed by atoms with Gasteiger partial charge in [0.1, 0.15) is 0 Å². The third-order valence-corrected chi connectivity index (χ3v) is 3.18. The van der Waals surface area contributed by atoms with E-state index >= 15 is 0 Å². The Kier molecular flexibility index (Phi) is 5.25. The van der Waals surface area contributed by atoms with Crippen LogP contribution in [0.5, 0.6) is 0 Å². The second-order valence-electron chi connectivity index (χ2n) is 3.72. The maximum absolute atomic E-state index is 12.2. The van der Waals surface area contributed by atoms with Crippen LogP contribution in [0.15, 0.2) is 53.7 Å². The van der Waals surface area contributed by atoms with Gasteiger partial charge in [0.25, 0.3) is 5.76 Å². The summed E-state index contributed by atoms with van der Waals surface area (Å²) >= 11 is 5.66. The number of pyridine rings is 1. The lowest BCUT2D eigenvalue weighted by Gasteiger charge is -2.10. The molecule has 0 saturated carbocycles. The van der Waals surface area contributed by atoms with Gasteiger partial charge >= 0.3 is 0 Å². The highest BCUT2D eigenvalue weighted by Gasteiger charge is 2.05. The number of alkyl halides is 2. The van der Waals surface area contributed by atoms with Crippen LogP contribution in [0.1, 0.15) is 0 Å². The number of anilines is 2. The van der Waals surface area contributed by atoms with Crippen molar-refractivity contribution in [2.75, 3.05) is 10.6 Å². The maximum Gasteiger partial charge on any atom is 0.288 e. The van der Waals surface area contributed by atoms with Gasteiger partial charge in [-0.15, -0.1) is 0 Å². The van der Waals surface area contributed by atoms with Gasteiger partial charge in [-0.3, -0.25) is 4.98 Å². The van der Waals surface area contributed by atoms with Crippen molar-refractivity contribution in [3.63, 3.8) is 0 Å². The van der Waals surface area contributed by atoms with Crippen LogP contribution in [0, 0.1) is 0 Å². The molecular formula is C13H11F2N3S2. The van der Waals surface area contributed by atoms with Crippen molar-refractivity contribution in [1.82, 2.24) is 4.98 Å². The normalized spacial score (nSPS) is 10.3. The van der Waals surface area contributed by atoms with Crippen molar-refractivity contribution in [3.05, 3.63) is 48.8 Å². The average molecular weight is 311 g/mol. The fourth-order valence-corrected chi connectivity index (χ4v) is 2.18. The number of halogens is 2. The fourth-order valence-electron chi connectivity index (χ4n) is 1.45. The first-order valence-electron chi connectivity index (χ1n) is 5.66. The molecule has 2 rings (SSSR count). The summed E-state index contributed by atoms with van der Waals surface area (Å²) in [6, 6.07) is 10.3. The predicted octanol–water partition coefficient (Wildman–Crippen LogP) is 4.21. The number of rotatable bonds is 4. The third-order valence-electron chi connectivity index (χ3n) is 2.26. The highest BCUT2D eigenvalue weighted by atomic mass is 32.2. The second-order valence-corrected chi connectivity index (χ2v) is 5.20. The lowest BCUT2D eigenvalue weighted by Crippen LogP contribution is -2.18. The SMILES string of the molecule is FC(F)Sc1ccc(NC(=S)Nc2cccnc2)cc1. The molecule has 0 atom stereocenters. The maximum atomic E-state index is 12.2. The Hall–Kier alpha value is -1.73. The van der Waals surface area contributed by atoms with E-state index in [-0.39, 0.29) is 0 Å². The number of thiocarbonyl (C=S) groups is 1. The summed E-state index contributed by atoms with van der Waals surface area (Å²) in [5, 5.41) is 6.35. The Bertz CT molecular complexity index is 562. The smallest absolute Gasteiger partial charge is 0.288 e. The van der Waals surface area contributed by atoms with Crippen molar-refractivity contribution in [1.29, 1.82) is 0 Å². The van der Waals surface area contributed by atoms with Gasteiger partial charge in [-0.05, 0) is 48.6 Å². The van der Waals surface area contributed by atoms with Gasteiger partial charge in [0, 0.05) is 16.8 Å². The molecule has 2 aromatic rings. The molecule has 2 N–H and O–H groups in total. The van der Waals surface area contributed by atoms with Gasteiger partial charge in [0.15, 0.2) is 5.11 Å². The summed E-state index contributed by atoms with van der Waals surface area (Å²) in [6.45, 7) is 0. The number of nitrogens with zero attached hydrogens (tertiary/aromatic N) is 1. The minimum atomic E-state index is -2.41. The van der Waals surface area contributed by atoms with E-state index in [1.54, 1.807) is 42.7 Å². The molecule has 0 aliphatic heterocycles. The van der Waals surface area contributed by atoms with Gasteiger partial charge < -0.3 is 10.6 Å². The number of hydrogen-bond acceptors (Lipinski definition) is 3. The van der Waals surface area contributed by atoms with E-state index in [0.717, 1.165) is 11.4 Å². The first-order chi connectivity index (χ1) is 9.63. The van der Waals surface area contributed by atoms with Crippen molar-refractivity contribution >= 4 is 40.5 Å². The predicted molar refractivity (Wildman–Crippen MR) is 82.4 cm³/mol. The molecule has 7 heteroatoms. The fraction of sp³-hybridized carbons (Fsp3) is 0.0769. The Morgan fingerprint density at radius 1 is 1.10 bits per heavy atom. The number of nitrogens with one attached hydrogen (secondary N) is 2. The molecule has 0 fully saturated rings. The molecular weight excluding hydrogens is 300 g/mol. The van der Waals surface area contributed by atoms with Crippen molar-refractivity contribution in [2.24, 2.45) is 0 Å². The molecule has 1 aromatic heterocycles. The number of aromatic nitrogens is 1. The lowest BCUT2D eigenvalue weighted by atomic mass is 10.3. The topological polar surface area (TPSA) is 37.0 Å². The minimum Gasteiger partial charge on any atom is -0.332 e. The largest absolute Gasteiger partial charge is 0.332 e. The molecule has 0 saturated heterocycles. The quantitative estimate of drug-likeness (QED) is 0.653. The van der Waals surface area contributed by atoms with Crippen LogP contribution >= 0.6 is 24.0 Å². The first-order valence-corrected chi connectivity index (χ1v) is 6.95. The van der Waals surface area contributed by atoms with Crippen molar-refractivity contribution < 1.29 is 8.78 Å². The number of benzene rings is 1. The zero-order chi connectivity index (χ0) is 14.4. The third kappa shape index (κ3) is 4.75. The van der Waals surface area contributed by atoms with E-state index in [2.05, 4.69) is 15.6 Å². The second kappa shape index (κ2) is 7.16. The molecule has 1 aromatic carbocycles. The molecule has 20 heavy (non-hydrogen) atoms. The summed E-state index contributed by atoms with van der Waals surface area (Å²) < 4.78 is 24.4. The molecule has 0 unspecified atom stereocenters. The van der Waals surface area contributed by atoms with Crippen LogP contribution in [0.25, 0.3) is 0 Å². The Morgan fingerprint density at radius 2 is 1.80 bits per heavy atom. The molecule has 104 valence electrons. The number of hydrogen-bond donors (Lipinski definition) is 2. The van der Waals surface area contributed by atoms with E-state index in [4.69, 9.17) is 12.2 Å². The Morgan fingerprint density at radius 3 is 2.40 bits per heavy atom. The molecule has 0 aliphatic rings. The number of thioether (sulfide) groups is 1. The summed E-state index contributed by atoms with van der Waals surface area (Å²) in [5.74, 6) is -2.41.